The number of nitrogens with zero attached hydrogens (tertiary/aromatic N) is 4. The van der Waals surface area contributed by atoms with Crippen molar-refractivity contribution in [3.8, 4) is 11.3 Å². The van der Waals surface area contributed by atoms with Crippen LogP contribution in [0, 0.1) is 0 Å². The van der Waals surface area contributed by atoms with E-state index < -0.39 is 9.84 Å². The van der Waals surface area contributed by atoms with Crippen LogP contribution in [0.5, 0.6) is 0 Å². The van der Waals surface area contributed by atoms with E-state index in [1.54, 1.807) is 49.1 Å². The van der Waals surface area contributed by atoms with Crippen molar-refractivity contribution >= 4 is 38.8 Å². The van der Waals surface area contributed by atoms with Gasteiger partial charge in [0.25, 0.3) is 0 Å². The van der Waals surface area contributed by atoms with Crippen molar-refractivity contribution in [1.29, 1.82) is 0 Å². The highest BCUT2D eigenvalue weighted by Gasteiger charge is 2.28. The van der Waals surface area contributed by atoms with E-state index in [1.165, 1.54) is 28.4 Å². The molecule has 0 fully saturated rings. The van der Waals surface area contributed by atoms with E-state index in [0.717, 1.165) is 5.56 Å². The van der Waals surface area contributed by atoms with Crippen molar-refractivity contribution in [2.45, 2.75) is 14.8 Å². The lowest BCUT2D eigenvalue weighted by Crippen LogP contribution is -2.04. The second-order valence-electron chi connectivity index (χ2n) is 5.62. The van der Waals surface area contributed by atoms with Gasteiger partial charge in [0.05, 0.1) is 10.6 Å². The number of benzene rings is 1. The number of hydrogen-bond donors (Lipinski definition) is 0. The van der Waals surface area contributed by atoms with E-state index in [1.807, 2.05) is 6.07 Å². The van der Waals surface area contributed by atoms with Crippen LogP contribution in [0.1, 0.15) is 0 Å². The molecule has 0 atom stereocenters. The molecule has 136 valence electrons. The molecule has 3 heterocycles. The summed E-state index contributed by atoms with van der Waals surface area (Å²) < 4.78 is 28.1. The summed E-state index contributed by atoms with van der Waals surface area (Å²) in [5.74, 6) is 0. The first kappa shape index (κ1) is 18.0. The molecule has 4 rings (SSSR count). The normalized spacial score (nSPS) is 11.8. The molecular weight excluding hydrogens is 404 g/mol. The fraction of sp³-hybridized carbons (Fsp3) is 0.0556. The molecule has 3 aromatic heterocycles. The fourth-order valence-corrected chi connectivity index (χ4v) is 5.39. The maximum atomic E-state index is 13.3. The minimum absolute atomic E-state index is 0.0722. The first-order valence-corrected chi connectivity index (χ1v) is 10.9. The van der Waals surface area contributed by atoms with Gasteiger partial charge in [-0.15, -0.1) is 11.8 Å². The summed E-state index contributed by atoms with van der Waals surface area (Å²) in [5.41, 5.74) is 1.67. The minimum Gasteiger partial charge on any atom is -0.264 e. The third-order valence-corrected chi connectivity index (χ3v) is 6.76. The Morgan fingerprint density at radius 1 is 1.15 bits per heavy atom. The molecule has 27 heavy (non-hydrogen) atoms. The maximum absolute atomic E-state index is 13.3. The van der Waals surface area contributed by atoms with Crippen LogP contribution < -0.4 is 0 Å². The van der Waals surface area contributed by atoms with Crippen LogP contribution >= 0.6 is 23.4 Å². The monoisotopic (exact) mass is 416 g/mol. The minimum atomic E-state index is -3.85. The Morgan fingerprint density at radius 2 is 2.00 bits per heavy atom. The van der Waals surface area contributed by atoms with Gasteiger partial charge in [0.2, 0.25) is 9.84 Å². The molecule has 9 heteroatoms. The highest BCUT2D eigenvalue weighted by molar-refractivity contribution is 7.99. The van der Waals surface area contributed by atoms with E-state index in [4.69, 9.17) is 11.6 Å². The molecular formula is C18H13ClN4O2S2. The number of halogens is 1. The molecule has 0 spiro atoms. The Bertz CT molecular complexity index is 1240. The molecule has 0 amide bonds. The largest absolute Gasteiger partial charge is 0.264 e. The number of pyridine rings is 1. The van der Waals surface area contributed by atoms with Gasteiger partial charge in [-0.3, -0.25) is 4.98 Å². The van der Waals surface area contributed by atoms with E-state index in [9.17, 15) is 8.42 Å². The summed E-state index contributed by atoms with van der Waals surface area (Å²) in [4.78, 5) is 8.83. The number of rotatable bonds is 4. The average Bonchev–Trinajstić information content (AvgIpc) is 3.07. The van der Waals surface area contributed by atoms with Gasteiger partial charge in [-0.05, 0) is 42.7 Å². The summed E-state index contributed by atoms with van der Waals surface area (Å²) in [5, 5.41) is 5.10. The first-order valence-electron chi connectivity index (χ1n) is 7.85. The van der Waals surface area contributed by atoms with Crippen molar-refractivity contribution < 1.29 is 8.42 Å². The first-order chi connectivity index (χ1) is 13.0. The smallest absolute Gasteiger partial charge is 0.213 e. The molecule has 0 saturated carbocycles. The molecule has 0 aliphatic heterocycles. The second kappa shape index (κ2) is 6.95. The van der Waals surface area contributed by atoms with Gasteiger partial charge < -0.3 is 0 Å². The van der Waals surface area contributed by atoms with E-state index in [-0.39, 0.29) is 15.4 Å². The number of hydrogen-bond acceptors (Lipinski definition) is 6. The summed E-state index contributed by atoms with van der Waals surface area (Å²) >= 11 is 7.25. The Hall–Kier alpha value is -2.42. The zero-order valence-electron chi connectivity index (χ0n) is 14.1. The Balaban J connectivity index is 1.98. The summed E-state index contributed by atoms with van der Waals surface area (Å²) in [7, 11) is -3.85. The van der Waals surface area contributed by atoms with Gasteiger partial charge in [-0.25, -0.2) is 17.9 Å². The lowest BCUT2D eigenvalue weighted by atomic mass is 10.2. The van der Waals surface area contributed by atoms with Crippen molar-refractivity contribution in [3.63, 3.8) is 0 Å². The molecule has 0 bridgehead atoms. The van der Waals surface area contributed by atoms with Crippen LogP contribution in [0.2, 0.25) is 5.02 Å². The van der Waals surface area contributed by atoms with Crippen LogP contribution in [0.3, 0.4) is 0 Å². The van der Waals surface area contributed by atoms with E-state index in [2.05, 4.69) is 15.1 Å². The molecule has 0 radical (unpaired) electrons. The van der Waals surface area contributed by atoms with Crippen molar-refractivity contribution in [3.05, 3.63) is 66.1 Å². The third-order valence-electron chi connectivity index (χ3n) is 3.94. The maximum Gasteiger partial charge on any atom is 0.213 e. The molecule has 0 saturated heterocycles. The van der Waals surface area contributed by atoms with Gasteiger partial charge in [0, 0.05) is 29.2 Å². The van der Waals surface area contributed by atoms with Crippen LogP contribution in [-0.2, 0) is 9.84 Å². The van der Waals surface area contributed by atoms with Gasteiger partial charge in [-0.2, -0.15) is 5.10 Å². The van der Waals surface area contributed by atoms with E-state index >= 15 is 0 Å². The second-order valence-corrected chi connectivity index (χ2v) is 8.74. The molecule has 1 aromatic carbocycles. The zero-order valence-corrected chi connectivity index (χ0v) is 16.5. The molecule has 4 aromatic rings. The van der Waals surface area contributed by atoms with Crippen molar-refractivity contribution in [2.24, 2.45) is 0 Å². The van der Waals surface area contributed by atoms with Gasteiger partial charge >= 0.3 is 0 Å². The fourth-order valence-electron chi connectivity index (χ4n) is 2.68. The average molecular weight is 417 g/mol. The van der Waals surface area contributed by atoms with Crippen LogP contribution in [0.4, 0.5) is 0 Å². The molecule has 0 unspecified atom stereocenters. The highest BCUT2D eigenvalue weighted by Crippen LogP contribution is 2.33. The Morgan fingerprint density at radius 3 is 2.70 bits per heavy atom. The predicted molar refractivity (Wildman–Crippen MR) is 105 cm³/mol. The number of thioether (sulfide) groups is 1. The van der Waals surface area contributed by atoms with Gasteiger partial charge in [0.15, 0.2) is 10.5 Å². The predicted octanol–water partition coefficient (Wildman–Crippen LogP) is 4.00. The topological polar surface area (TPSA) is 77.2 Å². The summed E-state index contributed by atoms with van der Waals surface area (Å²) in [6.07, 6.45) is 6.82. The standard InChI is InChI=1S/C18H13ClN4O2S2/c1-26-18-16(27(24,25)14-6-2-5-13(19)10-14)17-21-15(7-9-23(17)22-18)12-4-3-8-20-11-12/h2-11H,1H3. The van der Waals surface area contributed by atoms with Crippen LogP contribution in [0.25, 0.3) is 16.9 Å². The van der Waals surface area contributed by atoms with Gasteiger partial charge in [-0.1, -0.05) is 17.7 Å². The van der Waals surface area contributed by atoms with E-state index in [0.29, 0.717) is 15.7 Å². The summed E-state index contributed by atoms with van der Waals surface area (Å²) in [6.45, 7) is 0. The zero-order chi connectivity index (χ0) is 19.0. The third kappa shape index (κ3) is 3.20. The Kier molecular flexibility index (Phi) is 4.63. The van der Waals surface area contributed by atoms with Crippen molar-refractivity contribution in [1.82, 2.24) is 19.6 Å². The quantitative estimate of drug-likeness (QED) is 0.468. The molecule has 0 aliphatic carbocycles. The number of aromatic nitrogens is 4. The lowest BCUT2D eigenvalue weighted by Gasteiger charge is -2.06. The Labute approximate surface area is 165 Å². The molecule has 0 aliphatic rings. The number of fused-ring (bicyclic) bond motifs is 1. The molecule has 6 nitrogen and oxygen atoms in total. The van der Waals surface area contributed by atoms with Crippen molar-refractivity contribution in [2.75, 3.05) is 6.26 Å². The van der Waals surface area contributed by atoms with Crippen LogP contribution in [0.15, 0.2) is 75.9 Å². The number of sulfone groups is 1. The summed E-state index contributed by atoms with van der Waals surface area (Å²) in [6, 6.07) is 11.6. The SMILES string of the molecule is CSc1nn2ccc(-c3cccnc3)nc2c1S(=O)(=O)c1cccc(Cl)c1. The van der Waals surface area contributed by atoms with Crippen LogP contribution in [-0.4, -0.2) is 34.3 Å². The lowest BCUT2D eigenvalue weighted by molar-refractivity contribution is 0.594. The highest BCUT2D eigenvalue weighted by atomic mass is 35.5. The van der Waals surface area contributed by atoms with Gasteiger partial charge in [0.1, 0.15) is 5.03 Å². The molecule has 0 N–H and O–H groups in total.